The molecule has 1 unspecified atom stereocenters. The number of hydrogen-bond acceptors (Lipinski definition) is 5. The van der Waals surface area contributed by atoms with E-state index in [1.54, 1.807) is 12.1 Å². The van der Waals surface area contributed by atoms with Crippen molar-refractivity contribution >= 4 is 30.3 Å². The normalized spacial score (nSPS) is 22.8. The Balaban J connectivity index is 1.77. The van der Waals surface area contributed by atoms with Crippen LogP contribution in [0.5, 0.6) is 5.75 Å². The number of ether oxygens (including phenoxy) is 1. The average Bonchev–Trinajstić information content (AvgIpc) is 2.94. The Kier molecular flexibility index (Phi) is 10.3. The first-order valence-corrected chi connectivity index (χ1v) is 16.3. The van der Waals surface area contributed by atoms with Crippen molar-refractivity contribution in [2.75, 3.05) is 13.2 Å². The van der Waals surface area contributed by atoms with Gasteiger partial charge in [0.1, 0.15) is 12.4 Å². The van der Waals surface area contributed by atoms with Crippen LogP contribution >= 0.6 is 11.6 Å². The van der Waals surface area contributed by atoms with Crippen LogP contribution in [0.3, 0.4) is 0 Å². The van der Waals surface area contributed by atoms with E-state index in [1.165, 1.54) is 0 Å². The van der Waals surface area contributed by atoms with Crippen LogP contribution in [0, 0.1) is 11.8 Å². The summed E-state index contributed by atoms with van der Waals surface area (Å²) < 4.78 is 13.6. The monoisotopic (exact) mass is 580 g/mol. The maximum absolute atomic E-state index is 10.8. The van der Waals surface area contributed by atoms with E-state index in [2.05, 4.69) is 45.0 Å². The molecular weight excluding hydrogens is 540 g/mol. The molecular formula is C33H41ClO5Si. The van der Waals surface area contributed by atoms with Gasteiger partial charge in [-0.2, -0.15) is 0 Å². The zero-order valence-corrected chi connectivity index (χ0v) is 25.2. The topological polar surface area (TPSA) is 79.2 Å². The highest BCUT2D eigenvalue weighted by atomic mass is 35.5. The molecule has 40 heavy (non-hydrogen) atoms. The highest BCUT2D eigenvalue weighted by molar-refractivity contribution is 6.99. The van der Waals surface area contributed by atoms with Crippen LogP contribution in [-0.4, -0.2) is 55.2 Å². The minimum Gasteiger partial charge on any atom is -0.491 e. The van der Waals surface area contributed by atoms with Crippen molar-refractivity contribution < 1.29 is 24.5 Å². The van der Waals surface area contributed by atoms with Gasteiger partial charge in [0.2, 0.25) is 0 Å². The molecule has 0 aliphatic heterocycles. The van der Waals surface area contributed by atoms with Gasteiger partial charge in [0.15, 0.2) is 0 Å². The lowest BCUT2D eigenvalue weighted by atomic mass is 9.75. The second-order valence-corrected chi connectivity index (χ2v) is 16.3. The molecule has 5 nitrogen and oxygen atoms in total. The van der Waals surface area contributed by atoms with Crippen LogP contribution in [0.2, 0.25) is 10.1 Å². The highest BCUT2D eigenvalue weighted by Crippen LogP contribution is 2.38. The molecule has 1 aliphatic rings. The zero-order chi connectivity index (χ0) is 28.8. The Morgan fingerprint density at radius 3 is 2.05 bits per heavy atom. The molecule has 3 N–H and O–H groups in total. The molecule has 0 bridgehead atoms. The highest BCUT2D eigenvalue weighted by Gasteiger charge is 2.51. The molecule has 4 rings (SSSR count). The standard InChI is InChI=1S/C33H41ClO5Si/c1-33(2,3)40(27-13-6-4-7-14-27,28-15-8-5-9-16-28)39-26(23-38-25-12-10-11-24(34)21-25)17-18-29-30(22-35)32(37)20-19-31(29)36/h4-18,21,26,29-32,35-37H,19-20,22-23H2,1-3H3/b18-17+/t26?,29-,30-,31-,32+/m1/s1. The molecule has 1 saturated carbocycles. The molecule has 3 aromatic carbocycles. The van der Waals surface area contributed by atoms with Crippen molar-refractivity contribution in [1.29, 1.82) is 0 Å². The minimum absolute atomic E-state index is 0.202. The first-order valence-electron chi connectivity index (χ1n) is 14.0. The Hall–Kier alpha value is -2.45. The Morgan fingerprint density at radius 1 is 0.900 bits per heavy atom. The molecule has 0 saturated heterocycles. The van der Waals surface area contributed by atoms with Gasteiger partial charge in [-0.05, 0) is 46.5 Å². The molecule has 3 aromatic rings. The number of rotatable bonds is 10. The van der Waals surface area contributed by atoms with E-state index in [4.69, 9.17) is 20.8 Å². The summed E-state index contributed by atoms with van der Waals surface area (Å²) >= 11 is 6.22. The second kappa shape index (κ2) is 13.5. The van der Waals surface area contributed by atoms with Crippen molar-refractivity contribution in [3.05, 3.63) is 102 Å². The summed E-state index contributed by atoms with van der Waals surface area (Å²) in [5.74, 6) is -0.203. The molecule has 0 heterocycles. The fourth-order valence-corrected chi connectivity index (χ4v) is 10.6. The van der Waals surface area contributed by atoms with E-state index in [9.17, 15) is 15.3 Å². The summed E-state index contributed by atoms with van der Waals surface area (Å²) in [5.41, 5.74) is 0. The summed E-state index contributed by atoms with van der Waals surface area (Å²) in [7, 11) is -2.92. The van der Waals surface area contributed by atoms with Crippen LogP contribution in [0.25, 0.3) is 0 Å². The lowest BCUT2D eigenvalue weighted by molar-refractivity contribution is -0.0454. The van der Waals surface area contributed by atoms with E-state index in [-0.39, 0.29) is 18.3 Å². The molecule has 5 atom stereocenters. The van der Waals surface area contributed by atoms with Gasteiger partial charge in [0.05, 0.1) is 18.3 Å². The van der Waals surface area contributed by atoms with Crippen molar-refractivity contribution in [3.8, 4) is 5.75 Å². The maximum atomic E-state index is 10.8. The van der Waals surface area contributed by atoms with Crippen molar-refractivity contribution in [2.24, 2.45) is 11.8 Å². The van der Waals surface area contributed by atoms with Crippen LogP contribution in [0.4, 0.5) is 0 Å². The Labute approximate surface area is 244 Å². The molecule has 0 amide bonds. The first-order chi connectivity index (χ1) is 19.2. The molecule has 0 radical (unpaired) electrons. The van der Waals surface area contributed by atoms with E-state index < -0.39 is 38.5 Å². The Morgan fingerprint density at radius 2 is 1.50 bits per heavy atom. The predicted molar refractivity (Wildman–Crippen MR) is 164 cm³/mol. The lowest BCUT2D eigenvalue weighted by Crippen LogP contribution is -2.68. The van der Waals surface area contributed by atoms with E-state index in [0.717, 1.165) is 10.4 Å². The summed E-state index contributed by atoms with van der Waals surface area (Å²) in [4.78, 5) is 0. The molecule has 7 heteroatoms. The van der Waals surface area contributed by atoms with Crippen LogP contribution in [0.1, 0.15) is 33.6 Å². The third-order valence-electron chi connectivity index (χ3n) is 7.91. The summed E-state index contributed by atoms with van der Waals surface area (Å²) in [5, 5.41) is 34.0. The van der Waals surface area contributed by atoms with E-state index in [1.807, 2.05) is 60.7 Å². The van der Waals surface area contributed by atoms with Gasteiger partial charge in [-0.25, -0.2) is 0 Å². The average molecular weight is 581 g/mol. The number of halogens is 1. The van der Waals surface area contributed by atoms with Gasteiger partial charge in [-0.1, -0.05) is 111 Å². The molecule has 1 fully saturated rings. The third kappa shape index (κ3) is 6.88. The lowest BCUT2D eigenvalue weighted by Gasteiger charge is -2.45. The van der Waals surface area contributed by atoms with Gasteiger partial charge in [0, 0.05) is 23.5 Å². The smallest absolute Gasteiger partial charge is 0.262 e. The van der Waals surface area contributed by atoms with Gasteiger partial charge < -0.3 is 24.5 Å². The van der Waals surface area contributed by atoms with Gasteiger partial charge >= 0.3 is 0 Å². The van der Waals surface area contributed by atoms with Gasteiger partial charge in [-0.3, -0.25) is 0 Å². The van der Waals surface area contributed by atoms with Gasteiger partial charge in [0.25, 0.3) is 8.32 Å². The predicted octanol–water partition coefficient (Wildman–Crippen LogP) is 4.96. The molecule has 1 aliphatic carbocycles. The maximum Gasteiger partial charge on any atom is 0.262 e. The van der Waals surface area contributed by atoms with Crippen molar-refractivity contribution in [1.82, 2.24) is 0 Å². The second-order valence-electron chi connectivity index (χ2n) is 11.6. The number of hydrogen-bond donors (Lipinski definition) is 3. The summed E-state index contributed by atoms with van der Waals surface area (Å²) in [6, 6.07) is 28.1. The third-order valence-corrected chi connectivity index (χ3v) is 13.2. The minimum atomic E-state index is -2.92. The fourth-order valence-electron chi connectivity index (χ4n) is 5.84. The fraction of sp³-hybridized carbons (Fsp3) is 0.394. The van der Waals surface area contributed by atoms with Crippen molar-refractivity contribution in [2.45, 2.75) is 57.0 Å². The van der Waals surface area contributed by atoms with Crippen molar-refractivity contribution in [3.63, 3.8) is 0 Å². The first kappa shape index (κ1) is 30.5. The van der Waals surface area contributed by atoms with Crippen LogP contribution < -0.4 is 15.1 Å². The number of benzene rings is 3. The summed E-state index contributed by atoms with van der Waals surface area (Å²) in [6.45, 7) is 6.69. The Bertz CT molecular complexity index is 1190. The van der Waals surface area contributed by atoms with Crippen LogP contribution in [0.15, 0.2) is 97.1 Å². The zero-order valence-electron chi connectivity index (χ0n) is 23.5. The van der Waals surface area contributed by atoms with E-state index >= 15 is 0 Å². The number of aliphatic hydroxyl groups excluding tert-OH is 3. The number of aliphatic hydroxyl groups is 3. The summed E-state index contributed by atoms with van der Waals surface area (Å²) in [6.07, 6.45) is 2.98. The van der Waals surface area contributed by atoms with Gasteiger partial charge in [-0.15, -0.1) is 0 Å². The quantitative estimate of drug-likeness (QED) is 0.233. The molecule has 214 valence electrons. The molecule has 0 spiro atoms. The largest absolute Gasteiger partial charge is 0.491 e. The van der Waals surface area contributed by atoms with Crippen LogP contribution in [-0.2, 0) is 4.43 Å². The molecule has 0 aromatic heterocycles. The SMILES string of the molecule is CC(C)(C)[Si](OC(/C=C/[C@@H]1[C@@H](CO)[C@@H](O)CC[C@H]1O)COc1cccc(Cl)c1)(c1ccccc1)c1ccccc1. The van der Waals surface area contributed by atoms with E-state index in [0.29, 0.717) is 23.6 Å².